The molecule has 26 heavy (non-hydrogen) atoms. The Morgan fingerprint density at radius 3 is 2.77 bits per heavy atom. The molecule has 0 radical (unpaired) electrons. The minimum Gasteiger partial charge on any atom is -0.381 e. The van der Waals surface area contributed by atoms with Crippen molar-refractivity contribution in [3.8, 4) is 6.07 Å². The van der Waals surface area contributed by atoms with Gasteiger partial charge in [-0.15, -0.1) is 11.3 Å². The molecule has 1 saturated heterocycles. The summed E-state index contributed by atoms with van der Waals surface area (Å²) in [6.45, 7) is 1.72. The lowest BCUT2D eigenvalue weighted by molar-refractivity contribution is 0.0816. The van der Waals surface area contributed by atoms with Gasteiger partial charge in [0.25, 0.3) is 0 Å². The standard InChI is InChI=1S/C19H19N5OS/c1-25-13-7-10-24(11-8-13)19-21-9-6-15(23-19)14(12-20)18-22-16-4-2-3-5-17(16)26-18/h2-6,9,13-14H,7-8,10-11H2,1H3. The van der Waals surface area contributed by atoms with Crippen LogP contribution < -0.4 is 4.90 Å². The molecule has 0 spiro atoms. The fourth-order valence-electron chi connectivity index (χ4n) is 3.23. The second-order valence-electron chi connectivity index (χ2n) is 6.29. The molecule has 0 bridgehead atoms. The summed E-state index contributed by atoms with van der Waals surface area (Å²) in [5, 5.41) is 10.5. The molecular weight excluding hydrogens is 346 g/mol. The Labute approximate surface area is 156 Å². The Bertz CT molecular complexity index is 909. The summed E-state index contributed by atoms with van der Waals surface area (Å²) in [4.78, 5) is 15.9. The van der Waals surface area contributed by atoms with Crippen molar-refractivity contribution in [3.63, 3.8) is 0 Å². The molecule has 1 aliphatic rings. The molecule has 7 heteroatoms. The smallest absolute Gasteiger partial charge is 0.225 e. The zero-order valence-electron chi connectivity index (χ0n) is 14.5. The van der Waals surface area contributed by atoms with Crippen molar-refractivity contribution in [3.05, 3.63) is 47.2 Å². The Morgan fingerprint density at radius 2 is 2.04 bits per heavy atom. The molecule has 3 heterocycles. The lowest BCUT2D eigenvalue weighted by Gasteiger charge is -2.31. The minimum absolute atomic E-state index is 0.309. The summed E-state index contributed by atoms with van der Waals surface area (Å²) >= 11 is 1.55. The largest absolute Gasteiger partial charge is 0.381 e. The molecule has 1 unspecified atom stereocenters. The lowest BCUT2D eigenvalue weighted by atomic mass is 10.1. The van der Waals surface area contributed by atoms with Crippen LogP contribution in [0, 0.1) is 11.3 Å². The molecule has 132 valence electrons. The van der Waals surface area contributed by atoms with Crippen LogP contribution in [-0.2, 0) is 4.74 Å². The number of anilines is 1. The monoisotopic (exact) mass is 365 g/mol. The summed E-state index contributed by atoms with van der Waals surface area (Å²) < 4.78 is 6.51. The van der Waals surface area contributed by atoms with E-state index in [1.54, 1.807) is 24.6 Å². The number of fused-ring (bicyclic) bond motifs is 1. The van der Waals surface area contributed by atoms with Crippen LogP contribution in [0.2, 0.25) is 0 Å². The lowest BCUT2D eigenvalue weighted by Crippen LogP contribution is -2.37. The van der Waals surface area contributed by atoms with E-state index < -0.39 is 5.92 Å². The first-order valence-electron chi connectivity index (χ1n) is 8.64. The van der Waals surface area contributed by atoms with Crippen molar-refractivity contribution < 1.29 is 4.74 Å². The number of rotatable bonds is 4. The predicted molar refractivity (Wildman–Crippen MR) is 101 cm³/mol. The van der Waals surface area contributed by atoms with Crippen molar-refractivity contribution >= 4 is 27.5 Å². The van der Waals surface area contributed by atoms with Crippen molar-refractivity contribution in [2.24, 2.45) is 0 Å². The molecule has 2 aromatic heterocycles. The van der Waals surface area contributed by atoms with Gasteiger partial charge in [0.15, 0.2) is 0 Å². The molecule has 1 aliphatic heterocycles. The van der Waals surface area contributed by atoms with E-state index in [2.05, 4.69) is 25.9 Å². The third kappa shape index (κ3) is 3.26. The first-order chi connectivity index (χ1) is 12.8. The number of hydrogen-bond donors (Lipinski definition) is 0. The number of ether oxygens (including phenoxy) is 1. The van der Waals surface area contributed by atoms with Crippen LogP contribution in [0.1, 0.15) is 29.5 Å². The van der Waals surface area contributed by atoms with E-state index in [1.807, 2.05) is 30.3 Å². The van der Waals surface area contributed by atoms with Gasteiger partial charge >= 0.3 is 0 Å². The van der Waals surface area contributed by atoms with Gasteiger partial charge in [0.1, 0.15) is 10.9 Å². The second kappa shape index (κ2) is 7.36. The highest BCUT2D eigenvalue weighted by Crippen LogP contribution is 2.31. The fourth-order valence-corrected chi connectivity index (χ4v) is 4.25. The third-order valence-electron chi connectivity index (χ3n) is 4.70. The van der Waals surface area contributed by atoms with Gasteiger partial charge in [-0.2, -0.15) is 5.26 Å². The average Bonchev–Trinajstić information content (AvgIpc) is 3.12. The molecule has 1 aromatic carbocycles. The van der Waals surface area contributed by atoms with Gasteiger partial charge in [-0.25, -0.2) is 15.0 Å². The fraction of sp³-hybridized carbons (Fsp3) is 0.368. The van der Waals surface area contributed by atoms with E-state index in [0.29, 0.717) is 17.7 Å². The van der Waals surface area contributed by atoms with E-state index in [9.17, 15) is 5.26 Å². The molecule has 6 nitrogen and oxygen atoms in total. The zero-order valence-corrected chi connectivity index (χ0v) is 15.3. The Hall–Kier alpha value is -2.56. The number of para-hydroxylation sites is 1. The van der Waals surface area contributed by atoms with Gasteiger partial charge < -0.3 is 9.64 Å². The summed E-state index contributed by atoms with van der Waals surface area (Å²) in [7, 11) is 1.76. The van der Waals surface area contributed by atoms with Crippen LogP contribution in [0.25, 0.3) is 10.2 Å². The van der Waals surface area contributed by atoms with Gasteiger partial charge in [-0.3, -0.25) is 0 Å². The van der Waals surface area contributed by atoms with Crippen LogP contribution >= 0.6 is 11.3 Å². The van der Waals surface area contributed by atoms with E-state index >= 15 is 0 Å². The topological polar surface area (TPSA) is 74.9 Å². The number of nitrogens with zero attached hydrogens (tertiary/aromatic N) is 5. The molecule has 1 fully saturated rings. The van der Waals surface area contributed by atoms with Crippen LogP contribution in [0.4, 0.5) is 5.95 Å². The van der Waals surface area contributed by atoms with Crippen molar-refractivity contribution in [1.29, 1.82) is 5.26 Å². The van der Waals surface area contributed by atoms with Crippen LogP contribution in [0.15, 0.2) is 36.5 Å². The Kier molecular flexibility index (Phi) is 4.78. The molecule has 3 aromatic rings. The summed E-state index contributed by atoms with van der Waals surface area (Å²) in [6, 6.07) is 12.1. The highest BCUT2D eigenvalue weighted by molar-refractivity contribution is 7.18. The quantitative estimate of drug-likeness (QED) is 0.706. The average molecular weight is 365 g/mol. The normalized spacial score (nSPS) is 16.5. The maximum absolute atomic E-state index is 9.75. The molecule has 0 aliphatic carbocycles. The Balaban J connectivity index is 1.61. The molecule has 0 N–H and O–H groups in total. The van der Waals surface area contributed by atoms with E-state index in [0.717, 1.165) is 41.2 Å². The Morgan fingerprint density at radius 1 is 1.23 bits per heavy atom. The summed E-state index contributed by atoms with van der Waals surface area (Å²) in [6.07, 6.45) is 3.97. The van der Waals surface area contributed by atoms with Gasteiger partial charge in [0.2, 0.25) is 5.95 Å². The minimum atomic E-state index is -0.481. The van der Waals surface area contributed by atoms with Crippen LogP contribution in [-0.4, -0.2) is 41.3 Å². The number of thiazole rings is 1. The number of aromatic nitrogens is 3. The maximum atomic E-state index is 9.75. The van der Waals surface area contributed by atoms with Crippen LogP contribution in [0.5, 0.6) is 0 Å². The summed E-state index contributed by atoms with van der Waals surface area (Å²) in [5.74, 6) is 0.198. The second-order valence-corrected chi connectivity index (χ2v) is 7.35. The van der Waals surface area contributed by atoms with Gasteiger partial charge in [0, 0.05) is 26.4 Å². The number of benzene rings is 1. The molecule has 0 amide bonds. The van der Waals surface area contributed by atoms with E-state index in [1.165, 1.54) is 0 Å². The number of nitriles is 1. The van der Waals surface area contributed by atoms with Crippen molar-refractivity contribution in [1.82, 2.24) is 15.0 Å². The SMILES string of the molecule is COC1CCN(c2nccc(C(C#N)c3nc4ccccc4s3)n2)CC1. The van der Waals surface area contributed by atoms with Crippen LogP contribution in [0.3, 0.4) is 0 Å². The molecule has 1 atom stereocenters. The maximum Gasteiger partial charge on any atom is 0.225 e. The van der Waals surface area contributed by atoms with Gasteiger partial charge in [-0.1, -0.05) is 12.1 Å². The number of methoxy groups -OCH3 is 1. The number of piperidine rings is 1. The summed E-state index contributed by atoms with van der Waals surface area (Å²) in [5.41, 5.74) is 1.62. The van der Waals surface area contributed by atoms with E-state index in [-0.39, 0.29) is 0 Å². The molecular formula is C19H19N5OS. The van der Waals surface area contributed by atoms with Gasteiger partial charge in [-0.05, 0) is 31.0 Å². The first-order valence-corrected chi connectivity index (χ1v) is 9.46. The first kappa shape index (κ1) is 16.9. The van der Waals surface area contributed by atoms with Crippen molar-refractivity contribution in [2.75, 3.05) is 25.1 Å². The third-order valence-corrected chi connectivity index (χ3v) is 5.81. The van der Waals surface area contributed by atoms with Crippen molar-refractivity contribution in [2.45, 2.75) is 24.9 Å². The van der Waals surface area contributed by atoms with Gasteiger partial charge in [0.05, 0.1) is 28.1 Å². The predicted octanol–water partition coefficient (Wildman–Crippen LogP) is 3.36. The molecule has 4 rings (SSSR count). The molecule has 0 saturated carbocycles. The highest BCUT2D eigenvalue weighted by Gasteiger charge is 2.24. The highest BCUT2D eigenvalue weighted by atomic mass is 32.1. The zero-order chi connectivity index (χ0) is 17.9. The van der Waals surface area contributed by atoms with E-state index in [4.69, 9.17) is 4.74 Å². The number of hydrogen-bond acceptors (Lipinski definition) is 7.